The van der Waals surface area contributed by atoms with Crippen molar-refractivity contribution >= 4 is 11.6 Å². The summed E-state index contributed by atoms with van der Waals surface area (Å²) in [5.74, 6) is 0. The van der Waals surface area contributed by atoms with E-state index in [-0.39, 0.29) is 5.03 Å². The van der Waals surface area contributed by atoms with Crippen molar-refractivity contribution in [2.75, 3.05) is 0 Å². The molecule has 0 radical (unpaired) electrons. The first-order chi connectivity index (χ1) is 4.22. The van der Waals surface area contributed by atoms with Crippen LogP contribution in [0.25, 0.3) is 0 Å². The summed E-state index contributed by atoms with van der Waals surface area (Å²) in [6, 6.07) is 0. The number of aliphatic hydroxyl groups is 2. The Morgan fingerprint density at radius 2 is 2.11 bits per heavy atom. The largest absolute Gasteiger partial charge is 0.386 e. The summed E-state index contributed by atoms with van der Waals surface area (Å²) >= 11 is 5.46. The van der Waals surface area contributed by atoms with Crippen LogP contribution >= 0.6 is 11.6 Å². The van der Waals surface area contributed by atoms with Gasteiger partial charge < -0.3 is 10.2 Å². The monoisotopic (exact) mass is 146 g/mol. The van der Waals surface area contributed by atoms with Crippen LogP contribution < -0.4 is 0 Å². The van der Waals surface area contributed by atoms with Crippen LogP contribution in [-0.2, 0) is 0 Å². The zero-order chi connectivity index (χ0) is 6.85. The van der Waals surface area contributed by atoms with E-state index in [2.05, 4.69) is 0 Å². The summed E-state index contributed by atoms with van der Waals surface area (Å²) in [7, 11) is 0. The topological polar surface area (TPSA) is 40.5 Å². The molecule has 0 aromatic rings. The molecule has 0 saturated heterocycles. The first-order valence-electron chi connectivity index (χ1n) is 2.62. The number of hydrogen-bond acceptors (Lipinski definition) is 2. The molecule has 1 aliphatic rings. The molecule has 0 aliphatic heterocycles. The van der Waals surface area contributed by atoms with E-state index in [1.165, 1.54) is 6.08 Å². The summed E-state index contributed by atoms with van der Waals surface area (Å²) in [6.07, 6.45) is 2.87. The molecule has 0 aromatic heterocycles. The Hall–Kier alpha value is -0.310. The Bertz CT molecular complexity index is 162. The van der Waals surface area contributed by atoms with Gasteiger partial charge in [-0.05, 0) is 6.08 Å². The number of hydrogen-bond donors (Lipinski definition) is 2. The van der Waals surface area contributed by atoms with E-state index < -0.39 is 12.2 Å². The lowest BCUT2D eigenvalue weighted by atomic mass is 10.1. The van der Waals surface area contributed by atoms with Gasteiger partial charge in [0.25, 0.3) is 0 Å². The lowest BCUT2D eigenvalue weighted by molar-refractivity contribution is 0.0764. The molecule has 0 saturated carbocycles. The quantitative estimate of drug-likeness (QED) is 0.520. The van der Waals surface area contributed by atoms with E-state index in [0.717, 1.165) is 0 Å². The van der Waals surface area contributed by atoms with Crippen molar-refractivity contribution in [1.29, 1.82) is 0 Å². The summed E-state index contributed by atoms with van der Waals surface area (Å²) in [5, 5.41) is 18.1. The SMILES string of the molecule is OC1C=CC=C(Cl)C1O. The van der Waals surface area contributed by atoms with Gasteiger partial charge in [-0.1, -0.05) is 23.8 Å². The fourth-order valence-electron chi connectivity index (χ4n) is 0.628. The highest BCUT2D eigenvalue weighted by Gasteiger charge is 2.18. The Morgan fingerprint density at radius 1 is 1.44 bits per heavy atom. The van der Waals surface area contributed by atoms with Crippen LogP contribution in [0.15, 0.2) is 23.3 Å². The van der Waals surface area contributed by atoms with Crippen LogP contribution in [0.4, 0.5) is 0 Å². The molecule has 1 aliphatic carbocycles. The molecule has 0 spiro atoms. The molecule has 2 unspecified atom stereocenters. The summed E-state index contributed by atoms with van der Waals surface area (Å²) in [6.45, 7) is 0. The third-order valence-corrected chi connectivity index (χ3v) is 1.52. The average Bonchev–Trinajstić information content (AvgIpc) is 1.83. The predicted octanol–water partition coefficient (Wildman–Crippen LogP) is 0.401. The zero-order valence-corrected chi connectivity index (χ0v) is 5.42. The fraction of sp³-hybridized carbons (Fsp3) is 0.333. The molecule has 0 fully saturated rings. The van der Waals surface area contributed by atoms with Crippen LogP contribution in [0.1, 0.15) is 0 Å². The van der Waals surface area contributed by atoms with Gasteiger partial charge in [0.1, 0.15) is 12.2 Å². The van der Waals surface area contributed by atoms with Gasteiger partial charge in [0.15, 0.2) is 0 Å². The van der Waals surface area contributed by atoms with E-state index >= 15 is 0 Å². The number of halogens is 1. The van der Waals surface area contributed by atoms with Crippen LogP contribution in [0, 0.1) is 0 Å². The molecule has 2 atom stereocenters. The van der Waals surface area contributed by atoms with Gasteiger partial charge in [0.2, 0.25) is 0 Å². The maximum atomic E-state index is 8.94. The molecule has 2 nitrogen and oxygen atoms in total. The van der Waals surface area contributed by atoms with Crippen molar-refractivity contribution in [1.82, 2.24) is 0 Å². The molecule has 9 heavy (non-hydrogen) atoms. The lowest BCUT2D eigenvalue weighted by Crippen LogP contribution is -2.25. The summed E-state index contributed by atoms with van der Waals surface area (Å²) < 4.78 is 0. The molecular weight excluding hydrogens is 140 g/mol. The maximum absolute atomic E-state index is 8.94. The van der Waals surface area contributed by atoms with Gasteiger partial charge in [-0.2, -0.15) is 0 Å². The fourth-order valence-corrected chi connectivity index (χ4v) is 0.830. The van der Waals surface area contributed by atoms with Crippen LogP contribution in [0.2, 0.25) is 0 Å². The molecule has 0 bridgehead atoms. The van der Waals surface area contributed by atoms with E-state index in [9.17, 15) is 0 Å². The van der Waals surface area contributed by atoms with Crippen molar-refractivity contribution in [3.05, 3.63) is 23.3 Å². The van der Waals surface area contributed by atoms with E-state index in [1.807, 2.05) is 0 Å². The Morgan fingerprint density at radius 3 is 2.56 bits per heavy atom. The minimum Gasteiger partial charge on any atom is -0.386 e. The average molecular weight is 147 g/mol. The molecule has 0 aromatic carbocycles. The normalized spacial score (nSPS) is 34.3. The Balaban J connectivity index is 2.73. The van der Waals surface area contributed by atoms with Crippen molar-refractivity contribution < 1.29 is 10.2 Å². The minimum absolute atomic E-state index is 0.282. The van der Waals surface area contributed by atoms with Gasteiger partial charge in [0, 0.05) is 5.03 Å². The van der Waals surface area contributed by atoms with Gasteiger partial charge in [-0.25, -0.2) is 0 Å². The molecule has 0 heterocycles. The molecule has 2 N–H and O–H groups in total. The van der Waals surface area contributed by atoms with Crippen molar-refractivity contribution in [2.45, 2.75) is 12.2 Å². The smallest absolute Gasteiger partial charge is 0.119 e. The highest BCUT2D eigenvalue weighted by Crippen LogP contribution is 2.16. The standard InChI is InChI=1S/C6H7ClO2/c7-4-2-1-3-5(8)6(4)9/h1-3,5-6,8-9H. The third-order valence-electron chi connectivity index (χ3n) is 1.17. The number of aliphatic hydroxyl groups excluding tert-OH is 2. The molecule has 0 amide bonds. The third kappa shape index (κ3) is 1.33. The maximum Gasteiger partial charge on any atom is 0.119 e. The van der Waals surface area contributed by atoms with Gasteiger partial charge in [-0.3, -0.25) is 0 Å². The summed E-state index contributed by atoms with van der Waals surface area (Å²) in [5.41, 5.74) is 0. The van der Waals surface area contributed by atoms with Crippen molar-refractivity contribution in [3.8, 4) is 0 Å². The van der Waals surface area contributed by atoms with Crippen LogP contribution in [0.3, 0.4) is 0 Å². The Kier molecular flexibility index (Phi) is 1.90. The minimum atomic E-state index is -0.934. The highest BCUT2D eigenvalue weighted by molar-refractivity contribution is 6.30. The molecular formula is C6H7ClO2. The lowest BCUT2D eigenvalue weighted by Gasteiger charge is -2.15. The molecule has 50 valence electrons. The molecule has 3 heteroatoms. The van der Waals surface area contributed by atoms with Gasteiger partial charge in [-0.15, -0.1) is 0 Å². The second-order valence-corrected chi connectivity index (χ2v) is 2.31. The van der Waals surface area contributed by atoms with Crippen molar-refractivity contribution in [3.63, 3.8) is 0 Å². The predicted molar refractivity (Wildman–Crippen MR) is 35.1 cm³/mol. The number of allylic oxidation sites excluding steroid dienone is 2. The Labute approximate surface area is 58.1 Å². The van der Waals surface area contributed by atoms with E-state index in [0.29, 0.717) is 0 Å². The van der Waals surface area contributed by atoms with E-state index in [1.54, 1.807) is 12.2 Å². The highest BCUT2D eigenvalue weighted by atomic mass is 35.5. The van der Waals surface area contributed by atoms with Gasteiger partial charge >= 0.3 is 0 Å². The second-order valence-electron chi connectivity index (χ2n) is 1.87. The molecule has 1 rings (SSSR count). The summed E-state index contributed by atoms with van der Waals surface area (Å²) in [4.78, 5) is 0. The van der Waals surface area contributed by atoms with E-state index in [4.69, 9.17) is 21.8 Å². The number of rotatable bonds is 0. The first-order valence-corrected chi connectivity index (χ1v) is 2.99. The zero-order valence-electron chi connectivity index (χ0n) is 4.66. The van der Waals surface area contributed by atoms with Crippen molar-refractivity contribution in [2.24, 2.45) is 0 Å². The van der Waals surface area contributed by atoms with Crippen LogP contribution in [-0.4, -0.2) is 22.4 Å². The van der Waals surface area contributed by atoms with Crippen LogP contribution in [0.5, 0.6) is 0 Å². The van der Waals surface area contributed by atoms with Gasteiger partial charge in [0.05, 0.1) is 0 Å². The first kappa shape index (κ1) is 6.81. The second kappa shape index (κ2) is 2.52.